The lowest BCUT2D eigenvalue weighted by molar-refractivity contribution is -0.121. The summed E-state index contributed by atoms with van der Waals surface area (Å²) in [4.78, 5) is 19.5. The van der Waals surface area contributed by atoms with E-state index >= 15 is 0 Å². The van der Waals surface area contributed by atoms with Crippen molar-refractivity contribution in [2.45, 2.75) is 40.0 Å². The Balaban J connectivity index is 1.65. The lowest BCUT2D eigenvalue weighted by Gasteiger charge is -2.20. The maximum Gasteiger partial charge on any atom is 0.266 e. The van der Waals surface area contributed by atoms with Crippen LogP contribution in [0.4, 0.5) is 10.1 Å². The first kappa shape index (κ1) is 23.1. The highest BCUT2D eigenvalue weighted by Gasteiger charge is 2.30. The summed E-state index contributed by atoms with van der Waals surface area (Å²) >= 11 is 1.33. The highest BCUT2D eigenvalue weighted by atomic mass is 32.2. The fraction of sp³-hybridized carbons (Fsp3) is 0.259. The summed E-state index contributed by atoms with van der Waals surface area (Å²) in [6.07, 6.45) is 1.93. The largest absolute Gasteiger partial charge is 0.318 e. The van der Waals surface area contributed by atoms with Crippen LogP contribution in [0.2, 0.25) is 0 Å². The number of amidine groups is 1. The number of nitrogens with zero attached hydrogens (tertiary/aromatic N) is 3. The van der Waals surface area contributed by atoms with Gasteiger partial charge in [0.15, 0.2) is 5.17 Å². The molecule has 1 aromatic heterocycles. The monoisotopic (exact) mass is 461 g/mol. The van der Waals surface area contributed by atoms with Gasteiger partial charge in [0.1, 0.15) is 5.82 Å². The van der Waals surface area contributed by atoms with Crippen molar-refractivity contribution in [3.05, 3.63) is 87.8 Å². The number of amides is 1. The molecule has 4 rings (SSSR count). The van der Waals surface area contributed by atoms with Gasteiger partial charge in [-0.05, 0) is 90.7 Å². The minimum atomic E-state index is -0.313. The zero-order valence-corrected chi connectivity index (χ0v) is 20.6. The molecule has 1 saturated heterocycles. The second kappa shape index (κ2) is 8.67. The Kier molecular flexibility index (Phi) is 6.06. The summed E-state index contributed by atoms with van der Waals surface area (Å²) in [7, 11) is 1.71. The number of hydrogen-bond acceptors (Lipinski definition) is 3. The minimum Gasteiger partial charge on any atom is -0.318 e. The SMILES string of the molecule is Cc1cc(/C=C2\SC(=Nc3ccc(F)cc3)N(C)C2=O)c(C)n1-c1ccc(C(C)(C)C)cc1. The van der Waals surface area contributed by atoms with Gasteiger partial charge >= 0.3 is 0 Å². The zero-order chi connectivity index (χ0) is 23.9. The molecule has 1 aliphatic heterocycles. The zero-order valence-electron chi connectivity index (χ0n) is 19.8. The Morgan fingerprint density at radius 3 is 2.24 bits per heavy atom. The summed E-state index contributed by atoms with van der Waals surface area (Å²) in [5.74, 6) is -0.411. The van der Waals surface area contributed by atoms with Crippen LogP contribution in [0.25, 0.3) is 11.8 Å². The van der Waals surface area contributed by atoms with E-state index in [1.165, 1.54) is 34.4 Å². The predicted molar refractivity (Wildman–Crippen MR) is 136 cm³/mol. The molecule has 1 fully saturated rings. The predicted octanol–water partition coefficient (Wildman–Crippen LogP) is 6.76. The molecule has 1 aliphatic rings. The van der Waals surface area contributed by atoms with Crippen LogP contribution in [0.1, 0.15) is 43.3 Å². The normalized spacial score (nSPS) is 16.9. The fourth-order valence-electron chi connectivity index (χ4n) is 3.86. The van der Waals surface area contributed by atoms with Gasteiger partial charge in [-0.2, -0.15) is 0 Å². The summed E-state index contributed by atoms with van der Waals surface area (Å²) in [5, 5.41) is 0.574. The molecule has 6 heteroatoms. The summed E-state index contributed by atoms with van der Waals surface area (Å²) < 4.78 is 15.4. The van der Waals surface area contributed by atoms with Gasteiger partial charge in [-0.1, -0.05) is 32.9 Å². The van der Waals surface area contributed by atoms with Gasteiger partial charge in [0.25, 0.3) is 5.91 Å². The standard InChI is InChI=1S/C27H28FN3OS/c1-17-15-19(18(2)31(17)23-13-7-20(8-14-23)27(3,4)5)16-24-25(32)30(6)26(33-24)29-22-11-9-21(28)10-12-22/h7-16H,1-6H3/b24-16-,29-26?. The number of likely N-dealkylation sites (N-methyl/N-ethyl adjacent to an activating group) is 1. The van der Waals surface area contributed by atoms with Crippen molar-refractivity contribution in [2.75, 3.05) is 7.05 Å². The van der Waals surface area contributed by atoms with E-state index in [1.807, 2.05) is 6.08 Å². The van der Waals surface area contributed by atoms with E-state index in [0.29, 0.717) is 15.8 Å². The number of aromatic nitrogens is 1. The Morgan fingerprint density at radius 2 is 1.64 bits per heavy atom. The lowest BCUT2D eigenvalue weighted by Crippen LogP contribution is -2.23. The van der Waals surface area contributed by atoms with Crippen LogP contribution >= 0.6 is 11.8 Å². The van der Waals surface area contributed by atoms with Gasteiger partial charge in [0.05, 0.1) is 10.6 Å². The Morgan fingerprint density at radius 1 is 1.00 bits per heavy atom. The quantitative estimate of drug-likeness (QED) is 0.404. The average molecular weight is 462 g/mol. The van der Waals surface area contributed by atoms with Crippen LogP contribution in [-0.4, -0.2) is 27.6 Å². The molecule has 0 bridgehead atoms. The van der Waals surface area contributed by atoms with Crippen molar-refractivity contribution in [3.63, 3.8) is 0 Å². The molecule has 0 aliphatic carbocycles. The Bertz CT molecular complexity index is 1260. The number of carbonyl (C=O) groups excluding carboxylic acids is 1. The molecule has 1 amide bonds. The maximum atomic E-state index is 13.2. The van der Waals surface area contributed by atoms with Gasteiger partial charge in [0, 0.05) is 24.1 Å². The highest BCUT2D eigenvalue weighted by molar-refractivity contribution is 8.18. The average Bonchev–Trinajstić information content (AvgIpc) is 3.19. The van der Waals surface area contributed by atoms with Gasteiger partial charge in [-0.15, -0.1) is 0 Å². The highest BCUT2D eigenvalue weighted by Crippen LogP contribution is 2.34. The van der Waals surface area contributed by atoms with E-state index in [9.17, 15) is 9.18 Å². The van der Waals surface area contributed by atoms with Crippen molar-refractivity contribution >= 4 is 34.6 Å². The van der Waals surface area contributed by atoms with E-state index in [1.54, 1.807) is 19.2 Å². The van der Waals surface area contributed by atoms with Gasteiger partial charge in [0.2, 0.25) is 0 Å². The first-order valence-electron chi connectivity index (χ1n) is 10.9. The number of carbonyl (C=O) groups is 1. The number of aliphatic imine (C=N–C) groups is 1. The summed E-state index contributed by atoms with van der Waals surface area (Å²) in [6.45, 7) is 10.8. The second-order valence-electron chi connectivity index (χ2n) is 9.30. The van der Waals surface area contributed by atoms with Crippen molar-refractivity contribution in [2.24, 2.45) is 4.99 Å². The van der Waals surface area contributed by atoms with Crippen LogP contribution in [0.5, 0.6) is 0 Å². The molecule has 2 aromatic carbocycles. The second-order valence-corrected chi connectivity index (χ2v) is 10.3. The van der Waals surface area contributed by atoms with E-state index in [-0.39, 0.29) is 17.1 Å². The molecule has 0 saturated carbocycles. The van der Waals surface area contributed by atoms with Crippen LogP contribution < -0.4 is 0 Å². The molecule has 0 atom stereocenters. The minimum absolute atomic E-state index is 0.0970. The number of hydrogen-bond donors (Lipinski definition) is 0. The van der Waals surface area contributed by atoms with Crippen molar-refractivity contribution in [1.29, 1.82) is 0 Å². The smallest absolute Gasteiger partial charge is 0.266 e. The first-order chi connectivity index (χ1) is 15.5. The number of rotatable bonds is 3. The first-order valence-corrected chi connectivity index (χ1v) is 11.7. The van der Waals surface area contributed by atoms with Crippen LogP contribution in [0.3, 0.4) is 0 Å². The van der Waals surface area contributed by atoms with Crippen molar-refractivity contribution in [3.8, 4) is 5.69 Å². The van der Waals surface area contributed by atoms with Crippen LogP contribution in [0.15, 0.2) is 64.5 Å². The number of halogens is 1. The molecule has 4 nitrogen and oxygen atoms in total. The van der Waals surface area contributed by atoms with Crippen molar-refractivity contribution < 1.29 is 9.18 Å². The molecule has 0 radical (unpaired) electrons. The molecular weight excluding hydrogens is 433 g/mol. The van der Waals surface area contributed by atoms with E-state index in [2.05, 4.69) is 74.5 Å². The molecular formula is C27H28FN3OS. The number of aryl methyl sites for hydroxylation is 1. The van der Waals surface area contributed by atoms with E-state index in [4.69, 9.17) is 0 Å². The van der Waals surface area contributed by atoms with Crippen LogP contribution in [-0.2, 0) is 10.2 Å². The van der Waals surface area contributed by atoms with Gasteiger partial charge in [-0.3, -0.25) is 9.69 Å². The van der Waals surface area contributed by atoms with E-state index in [0.717, 1.165) is 22.6 Å². The Hall–Kier alpha value is -3.12. The number of thioether (sulfide) groups is 1. The molecule has 2 heterocycles. The third kappa shape index (κ3) is 4.67. The molecule has 3 aromatic rings. The lowest BCUT2D eigenvalue weighted by atomic mass is 9.87. The third-order valence-corrected chi connectivity index (χ3v) is 6.86. The van der Waals surface area contributed by atoms with Crippen LogP contribution in [0, 0.1) is 19.7 Å². The van der Waals surface area contributed by atoms with Gasteiger partial charge < -0.3 is 4.57 Å². The summed E-state index contributed by atoms with van der Waals surface area (Å²) in [5.41, 5.74) is 6.28. The van der Waals surface area contributed by atoms with Gasteiger partial charge in [-0.25, -0.2) is 9.38 Å². The molecule has 0 spiro atoms. The summed E-state index contributed by atoms with van der Waals surface area (Å²) in [6, 6.07) is 16.7. The van der Waals surface area contributed by atoms with Crippen molar-refractivity contribution in [1.82, 2.24) is 9.47 Å². The van der Waals surface area contributed by atoms with E-state index < -0.39 is 0 Å². The molecule has 0 N–H and O–H groups in total. The molecule has 33 heavy (non-hydrogen) atoms. The fourth-order valence-corrected chi connectivity index (χ4v) is 4.84. The molecule has 170 valence electrons. The maximum absolute atomic E-state index is 13.2. The molecule has 0 unspecified atom stereocenters. The topological polar surface area (TPSA) is 37.6 Å². The third-order valence-electron chi connectivity index (χ3n) is 5.80. The number of benzene rings is 2. The Labute approximate surface area is 198 Å².